The SMILES string of the molecule is CCCC(CP(C(F)(F)F)C(F)(F)F)C(C)(c1ccccc1Br)c1ccccc1Br. The van der Waals surface area contributed by atoms with Crippen molar-refractivity contribution in [3.8, 4) is 0 Å². The van der Waals surface area contributed by atoms with Gasteiger partial charge in [0.05, 0.1) is 0 Å². The molecule has 2 aromatic carbocycles. The highest BCUT2D eigenvalue weighted by Gasteiger charge is 2.58. The third-order valence-electron chi connectivity index (χ3n) is 5.34. The van der Waals surface area contributed by atoms with E-state index in [-0.39, 0.29) is 6.42 Å². The molecule has 0 radical (unpaired) electrons. The second-order valence-corrected chi connectivity index (χ2v) is 11.1. The van der Waals surface area contributed by atoms with Crippen LogP contribution in [0.15, 0.2) is 57.5 Å². The van der Waals surface area contributed by atoms with Crippen LogP contribution in [-0.2, 0) is 5.41 Å². The maximum absolute atomic E-state index is 13.5. The Balaban J connectivity index is 2.73. The first kappa shape index (κ1) is 25.7. The zero-order valence-electron chi connectivity index (χ0n) is 16.3. The number of rotatable bonds is 7. The van der Waals surface area contributed by atoms with E-state index in [4.69, 9.17) is 0 Å². The second kappa shape index (κ2) is 9.91. The lowest BCUT2D eigenvalue weighted by molar-refractivity contribution is -0.0840. The first-order valence-electron chi connectivity index (χ1n) is 9.24. The van der Waals surface area contributed by atoms with Gasteiger partial charge in [-0.1, -0.05) is 88.5 Å². The van der Waals surface area contributed by atoms with Crippen LogP contribution in [0, 0.1) is 5.92 Å². The molecule has 0 nitrogen and oxygen atoms in total. The van der Waals surface area contributed by atoms with Gasteiger partial charge in [-0.15, -0.1) is 0 Å². The Morgan fingerprint density at radius 3 is 1.53 bits per heavy atom. The fourth-order valence-corrected chi connectivity index (χ4v) is 6.92. The van der Waals surface area contributed by atoms with Crippen LogP contribution < -0.4 is 0 Å². The van der Waals surface area contributed by atoms with Crippen molar-refractivity contribution in [2.75, 3.05) is 6.16 Å². The number of hydrogen-bond acceptors (Lipinski definition) is 0. The van der Waals surface area contributed by atoms with Gasteiger partial charge in [0.2, 0.25) is 0 Å². The summed E-state index contributed by atoms with van der Waals surface area (Å²) in [5.41, 5.74) is 0.247. The van der Waals surface area contributed by atoms with Crippen molar-refractivity contribution in [2.24, 2.45) is 5.92 Å². The van der Waals surface area contributed by atoms with E-state index in [0.717, 1.165) is 0 Å². The van der Waals surface area contributed by atoms with Crippen LogP contribution in [0.3, 0.4) is 0 Å². The lowest BCUT2D eigenvalue weighted by Gasteiger charge is -2.42. The normalized spacial score (nSPS) is 14.2. The van der Waals surface area contributed by atoms with Crippen LogP contribution in [0.5, 0.6) is 0 Å². The Kier molecular flexibility index (Phi) is 8.48. The summed E-state index contributed by atoms with van der Waals surface area (Å²) in [5.74, 6) is -11.5. The van der Waals surface area contributed by atoms with Crippen LogP contribution >= 0.6 is 39.8 Å². The molecule has 1 atom stereocenters. The van der Waals surface area contributed by atoms with Crippen molar-refractivity contribution in [1.82, 2.24) is 0 Å². The first-order chi connectivity index (χ1) is 13.8. The first-order valence-corrected chi connectivity index (χ1v) is 12.4. The van der Waals surface area contributed by atoms with E-state index in [0.29, 0.717) is 26.5 Å². The van der Waals surface area contributed by atoms with Gasteiger partial charge in [0.25, 0.3) is 0 Å². The van der Waals surface area contributed by atoms with Crippen LogP contribution in [-0.4, -0.2) is 18.0 Å². The minimum Gasteiger partial charge on any atom is -0.167 e. The summed E-state index contributed by atoms with van der Waals surface area (Å²) in [4.78, 5) is 0. The molecule has 0 aliphatic rings. The molecular weight excluding hydrogens is 557 g/mol. The molecule has 0 spiro atoms. The van der Waals surface area contributed by atoms with E-state index in [1.807, 2.05) is 0 Å². The van der Waals surface area contributed by atoms with Gasteiger partial charge >= 0.3 is 11.8 Å². The summed E-state index contributed by atoms with van der Waals surface area (Å²) < 4.78 is 82.0. The molecule has 30 heavy (non-hydrogen) atoms. The molecule has 0 N–H and O–H groups in total. The van der Waals surface area contributed by atoms with Crippen molar-refractivity contribution in [3.05, 3.63) is 68.6 Å². The zero-order valence-corrected chi connectivity index (χ0v) is 20.4. The fourth-order valence-electron chi connectivity index (χ4n) is 3.83. The average Bonchev–Trinajstić information content (AvgIpc) is 2.63. The summed E-state index contributed by atoms with van der Waals surface area (Å²) in [7, 11) is -4.19. The molecule has 166 valence electrons. The molecule has 0 amide bonds. The largest absolute Gasteiger partial charge is 0.413 e. The van der Waals surface area contributed by atoms with Gasteiger partial charge in [-0.25, -0.2) is 0 Å². The standard InChI is InChI=1S/C21H21Br2F6P/c1-3-8-14(13-30(20(24,25)26)21(27,28)29)19(2,15-9-4-6-11-17(15)22)16-10-5-7-12-18(16)23/h4-7,9-12,14H,3,8,13H2,1-2H3. The maximum atomic E-state index is 13.5. The smallest absolute Gasteiger partial charge is 0.167 e. The fraction of sp³-hybridized carbons (Fsp3) is 0.429. The Morgan fingerprint density at radius 1 is 0.800 bits per heavy atom. The Bertz CT molecular complexity index is 790. The molecule has 0 saturated heterocycles. The van der Waals surface area contributed by atoms with Crippen molar-refractivity contribution in [2.45, 2.75) is 43.9 Å². The Hall–Kier alpha value is -0.590. The highest BCUT2D eigenvalue weighted by atomic mass is 79.9. The summed E-state index contributed by atoms with van der Waals surface area (Å²) >= 11 is 6.93. The summed E-state index contributed by atoms with van der Waals surface area (Å²) in [5, 5.41) is 0. The summed E-state index contributed by atoms with van der Waals surface area (Å²) in [6, 6.07) is 14.0. The molecule has 0 bridgehead atoms. The molecule has 0 saturated carbocycles. The third-order valence-corrected chi connectivity index (χ3v) is 8.75. The molecule has 0 aliphatic carbocycles. The zero-order chi connectivity index (χ0) is 22.7. The van der Waals surface area contributed by atoms with Crippen molar-refractivity contribution in [3.63, 3.8) is 0 Å². The van der Waals surface area contributed by atoms with Crippen LogP contribution in [0.2, 0.25) is 0 Å². The van der Waals surface area contributed by atoms with E-state index < -0.39 is 37.3 Å². The average molecular weight is 578 g/mol. The number of benzene rings is 2. The lowest BCUT2D eigenvalue weighted by atomic mass is 9.66. The minimum atomic E-state index is -5.30. The molecule has 2 rings (SSSR count). The molecule has 0 aliphatic heterocycles. The van der Waals surface area contributed by atoms with Crippen molar-refractivity contribution in [1.29, 1.82) is 0 Å². The lowest BCUT2D eigenvalue weighted by Crippen LogP contribution is -2.38. The van der Waals surface area contributed by atoms with E-state index in [9.17, 15) is 26.3 Å². The number of halogens is 8. The molecule has 2 aromatic rings. The van der Waals surface area contributed by atoms with Gasteiger partial charge in [-0.3, -0.25) is 0 Å². The molecule has 0 aromatic heterocycles. The van der Waals surface area contributed by atoms with Crippen LogP contribution in [0.1, 0.15) is 37.8 Å². The van der Waals surface area contributed by atoms with Gasteiger partial charge < -0.3 is 0 Å². The summed E-state index contributed by atoms with van der Waals surface area (Å²) in [6.07, 6.45) is -0.284. The molecule has 9 heteroatoms. The molecular formula is C21H21Br2F6P. The highest BCUT2D eigenvalue weighted by molar-refractivity contribution is 9.10. The van der Waals surface area contributed by atoms with Crippen LogP contribution in [0.25, 0.3) is 0 Å². The van der Waals surface area contributed by atoms with Gasteiger partial charge in [0.1, 0.15) is 7.92 Å². The minimum absolute atomic E-state index is 0.226. The molecule has 0 heterocycles. The van der Waals surface area contributed by atoms with Crippen molar-refractivity contribution >= 4 is 39.8 Å². The summed E-state index contributed by atoms with van der Waals surface area (Å²) in [6.45, 7) is 3.52. The predicted octanol–water partition coefficient (Wildman–Crippen LogP) is 9.46. The molecule has 1 unspecified atom stereocenters. The van der Waals surface area contributed by atoms with Gasteiger partial charge in [-0.2, -0.15) is 26.3 Å². The van der Waals surface area contributed by atoms with E-state index >= 15 is 0 Å². The Labute approximate surface area is 190 Å². The predicted molar refractivity (Wildman–Crippen MR) is 117 cm³/mol. The van der Waals surface area contributed by atoms with E-state index in [2.05, 4.69) is 31.9 Å². The maximum Gasteiger partial charge on any atom is 0.413 e. The second-order valence-electron chi connectivity index (χ2n) is 7.19. The topological polar surface area (TPSA) is 0 Å². The number of alkyl halides is 6. The monoisotopic (exact) mass is 576 g/mol. The van der Waals surface area contributed by atoms with E-state index in [1.165, 1.54) is 0 Å². The molecule has 0 fully saturated rings. The highest BCUT2D eigenvalue weighted by Crippen LogP contribution is 2.66. The van der Waals surface area contributed by atoms with E-state index in [1.54, 1.807) is 62.4 Å². The van der Waals surface area contributed by atoms with Crippen molar-refractivity contribution < 1.29 is 26.3 Å². The third kappa shape index (κ3) is 5.60. The van der Waals surface area contributed by atoms with Gasteiger partial charge in [-0.05, 0) is 41.8 Å². The van der Waals surface area contributed by atoms with Gasteiger partial charge in [0.15, 0.2) is 0 Å². The quantitative estimate of drug-likeness (QED) is 0.227. The van der Waals surface area contributed by atoms with Gasteiger partial charge in [0, 0.05) is 14.4 Å². The number of hydrogen-bond donors (Lipinski definition) is 0. The Morgan fingerprint density at radius 2 is 1.20 bits per heavy atom. The van der Waals surface area contributed by atoms with Crippen LogP contribution in [0.4, 0.5) is 26.3 Å².